The summed E-state index contributed by atoms with van der Waals surface area (Å²) in [4.78, 5) is 0. The summed E-state index contributed by atoms with van der Waals surface area (Å²) >= 11 is 2.36. The van der Waals surface area contributed by atoms with E-state index in [0.717, 1.165) is 13.0 Å². The van der Waals surface area contributed by atoms with Crippen molar-refractivity contribution in [2.75, 3.05) is 6.54 Å². The summed E-state index contributed by atoms with van der Waals surface area (Å²) < 4.78 is 1.25. The largest absolute Gasteiger partial charge is 0.387 e. The Morgan fingerprint density at radius 3 is 2.57 bits per heavy atom. The van der Waals surface area contributed by atoms with Gasteiger partial charge in [-0.05, 0) is 53.1 Å². The maximum Gasteiger partial charge on any atom is 0.0246 e. The second-order valence-electron chi connectivity index (χ2n) is 5.96. The number of rotatable bonds is 5. The van der Waals surface area contributed by atoms with Crippen LogP contribution in [0.25, 0.3) is 5.57 Å². The van der Waals surface area contributed by atoms with Gasteiger partial charge >= 0.3 is 0 Å². The molecule has 0 heterocycles. The van der Waals surface area contributed by atoms with E-state index in [1.807, 2.05) is 13.0 Å². The molecule has 1 nitrogen and oxygen atoms in total. The van der Waals surface area contributed by atoms with Crippen molar-refractivity contribution in [3.05, 3.63) is 51.8 Å². The van der Waals surface area contributed by atoms with Crippen molar-refractivity contribution in [3.63, 3.8) is 0 Å². The molecule has 1 aromatic rings. The summed E-state index contributed by atoms with van der Waals surface area (Å²) in [5.41, 5.74) is 3.66. The zero-order valence-electron chi connectivity index (χ0n) is 13.4. The molecule has 0 aliphatic heterocycles. The lowest BCUT2D eigenvalue weighted by Gasteiger charge is -2.24. The van der Waals surface area contributed by atoms with E-state index >= 15 is 0 Å². The van der Waals surface area contributed by atoms with Gasteiger partial charge in [-0.25, -0.2) is 0 Å². The zero-order chi connectivity index (χ0) is 15.9. The first-order valence-electron chi connectivity index (χ1n) is 7.15. The van der Waals surface area contributed by atoms with E-state index in [9.17, 15) is 0 Å². The first kappa shape index (κ1) is 17.8. The van der Waals surface area contributed by atoms with Crippen LogP contribution >= 0.6 is 22.6 Å². The minimum absolute atomic E-state index is 0.0757. The van der Waals surface area contributed by atoms with E-state index < -0.39 is 0 Å². The highest BCUT2D eigenvalue weighted by Gasteiger charge is 2.16. The monoisotopic (exact) mass is 393 g/mol. The molecule has 0 aliphatic carbocycles. The van der Waals surface area contributed by atoms with Gasteiger partial charge < -0.3 is 5.32 Å². The lowest BCUT2D eigenvalue weighted by atomic mass is 9.91. The number of halogens is 1. The van der Waals surface area contributed by atoms with Gasteiger partial charge in [-0.2, -0.15) is 0 Å². The standard InChI is InChI=1S/C19H24IN/c1-6-7-12-18(19(3,4)5)21-14-13-15(2)16-10-8-9-11-17(16)20/h8-12,21H,2,13-14H2,1,3-5H3/b18-12-. The van der Waals surface area contributed by atoms with Crippen LogP contribution in [0, 0.1) is 20.8 Å². The second kappa shape index (κ2) is 8.29. The fourth-order valence-electron chi connectivity index (χ4n) is 1.91. The van der Waals surface area contributed by atoms with E-state index in [1.165, 1.54) is 20.4 Å². The third kappa shape index (κ3) is 5.97. The Bertz CT molecular complexity index is 580. The van der Waals surface area contributed by atoms with Gasteiger partial charge in [-0.3, -0.25) is 0 Å². The maximum absolute atomic E-state index is 4.21. The smallest absolute Gasteiger partial charge is 0.0246 e. The van der Waals surface area contributed by atoms with Gasteiger partial charge in [0.25, 0.3) is 0 Å². The lowest BCUT2D eigenvalue weighted by molar-refractivity contribution is 0.462. The first-order valence-corrected chi connectivity index (χ1v) is 8.23. The van der Waals surface area contributed by atoms with Crippen LogP contribution in [0.1, 0.15) is 39.7 Å². The van der Waals surface area contributed by atoms with Crippen LogP contribution in [-0.2, 0) is 0 Å². The summed E-state index contributed by atoms with van der Waals surface area (Å²) in [6.07, 6.45) is 2.90. The molecule has 0 saturated carbocycles. The zero-order valence-corrected chi connectivity index (χ0v) is 15.5. The van der Waals surface area contributed by atoms with E-state index in [-0.39, 0.29) is 5.41 Å². The quantitative estimate of drug-likeness (QED) is 0.533. The summed E-state index contributed by atoms with van der Waals surface area (Å²) in [7, 11) is 0. The van der Waals surface area contributed by atoms with Crippen molar-refractivity contribution in [1.29, 1.82) is 0 Å². The predicted molar refractivity (Wildman–Crippen MR) is 102 cm³/mol. The van der Waals surface area contributed by atoms with Crippen LogP contribution in [-0.4, -0.2) is 6.54 Å². The van der Waals surface area contributed by atoms with Gasteiger partial charge in [-0.1, -0.05) is 51.5 Å². The van der Waals surface area contributed by atoms with Gasteiger partial charge in [0.2, 0.25) is 0 Å². The Morgan fingerprint density at radius 1 is 1.33 bits per heavy atom. The fourth-order valence-corrected chi connectivity index (χ4v) is 2.68. The molecule has 0 radical (unpaired) electrons. The van der Waals surface area contributed by atoms with Crippen LogP contribution in [0.2, 0.25) is 0 Å². The molecule has 2 heteroatoms. The summed E-state index contributed by atoms with van der Waals surface area (Å²) in [5.74, 6) is 5.95. The number of allylic oxidation sites excluding steroid dienone is 2. The van der Waals surface area contributed by atoms with Crippen LogP contribution in [0.15, 0.2) is 42.6 Å². The topological polar surface area (TPSA) is 12.0 Å². The lowest BCUT2D eigenvalue weighted by Crippen LogP contribution is -2.25. The van der Waals surface area contributed by atoms with Crippen LogP contribution in [0.3, 0.4) is 0 Å². The van der Waals surface area contributed by atoms with Gasteiger partial charge in [0.05, 0.1) is 0 Å². The molecule has 1 N–H and O–H groups in total. The number of nitrogens with one attached hydrogen (secondary N) is 1. The van der Waals surface area contributed by atoms with Crippen LogP contribution in [0.5, 0.6) is 0 Å². The number of hydrogen-bond acceptors (Lipinski definition) is 1. The van der Waals surface area contributed by atoms with E-state index in [4.69, 9.17) is 0 Å². The Balaban J connectivity index is 2.65. The van der Waals surface area contributed by atoms with Gasteiger partial charge in [0, 0.05) is 27.3 Å². The number of hydrogen-bond donors (Lipinski definition) is 1. The molecule has 112 valence electrons. The SMILES string of the molecule is C=C(CCN/C(=C\C#CC)C(C)(C)C)c1ccccc1I. The Labute approximate surface area is 143 Å². The van der Waals surface area contributed by atoms with Crippen LogP contribution in [0.4, 0.5) is 0 Å². The average Bonchev–Trinajstić information content (AvgIpc) is 2.41. The summed E-state index contributed by atoms with van der Waals surface area (Å²) in [6.45, 7) is 13.5. The average molecular weight is 393 g/mol. The highest BCUT2D eigenvalue weighted by Crippen LogP contribution is 2.24. The van der Waals surface area contributed by atoms with Gasteiger partial charge in [0.15, 0.2) is 0 Å². The fraction of sp³-hybridized carbons (Fsp3) is 0.368. The van der Waals surface area contributed by atoms with Crippen molar-refractivity contribution < 1.29 is 0 Å². The van der Waals surface area contributed by atoms with Crippen LogP contribution < -0.4 is 5.32 Å². The molecule has 0 fully saturated rings. The molecule has 0 aromatic heterocycles. The van der Waals surface area contributed by atoms with Gasteiger partial charge in [-0.15, -0.1) is 5.92 Å². The molecule has 0 spiro atoms. The molecule has 1 rings (SSSR count). The predicted octanol–water partition coefficient (Wildman–Crippen LogP) is 5.24. The third-order valence-corrected chi connectivity index (χ3v) is 4.11. The summed E-state index contributed by atoms with van der Waals surface area (Å²) in [6, 6.07) is 8.37. The highest BCUT2D eigenvalue weighted by molar-refractivity contribution is 14.1. The highest BCUT2D eigenvalue weighted by atomic mass is 127. The normalized spacial score (nSPS) is 11.6. The minimum Gasteiger partial charge on any atom is -0.387 e. The van der Waals surface area contributed by atoms with Crippen molar-refractivity contribution in [3.8, 4) is 11.8 Å². The molecule has 0 saturated heterocycles. The molecule has 0 amide bonds. The van der Waals surface area contributed by atoms with Crippen molar-refractivity contribution in [2.24, 2.45) is 5.41 Å². The first-order chi connectivity index (χ1) is 9.86. The summed E-state index contributed by atoms with van der Waals surface area (Å²) in [5, 5.41) is 3.51. The number of benzene rings is 1. The maximum atomic E-state index is 4.21. The Morgan fingerprint density at radius 2 is 2.00 bits per heavy atom. The van der Waals surface area contributed by atoms with Crippen molar-refractivity contribution in [1.82, 2.24) is 5.32 Å². The van der Waals surface area contributed by atoms with Crippen molar-refractivity contribution in [2.45, 2.75) is 34.1 Å². The van der Waals surface area contributed by atoms with Crippen molar-refractivity contribution >= 4 is 28.2 Å². The third-order valence-electron chi connectivity index (χ3n) is 3.17. The molecule has 0 atom stereocenters. The molecular weight excluding hydrogens is 369 g/mol. The second-order valence-corrected chi connectivity index (χ2v) is 7.12. The Hall–Kier alpha value is -1.21. The van der Waals surface area contributed by atoms with E-state index in [2.05, 4.69) is 91.4 Å². The van der Waals surface area contributed by atoms with Gasteiger partial charge in [0.1, 0.15) is 0 Å². The Kier molecular flexibility index (Phi) is 7.04. The molecular formula is C19H24IN. The molecule has 21 heavy (non-hydrogen) atoms. The van der Waals surface area contributed by atoms with E-state index in [0.29, 0.717) is 0 Å². The molecule has 0 aliphatic rings. The molecule has 0 bridgehead atoms. The minimum atomic E-state index is 0.0757. The van der Waals surface area contributed by atoms with E-state index in [1.54, 1.807) is 0 Å². The molecule has 0 unspecified atom stereocenters. The molecule has 1 aromatic carbocycles.